The summed E-state index contributed by atoms with van der Waals surface area (Å²) in [6.45, 7) is 9.57. The summed E-state index contributed by atoms with van der Waals surface area (Å²) in [4.78, 5) is 14.5. The van der Waals surface area contributed by atoms with E-state index in [0.29, 0.717) is 18.6 Å². The Kier molecular flexibility index (Phi) is 9.76. The van der Waals surface area contributed by atoms with Gasteiger partial charge in [-0.3, -0.25) is 9.69 Å². The fourth-order valence-electron chi connectivity index (χ4n) is 2.65. The second kappa shape index (κ2) is 9.79. The molecule has 2 aliphatic heterocycles. The Morgan fingerprint density at radius 2 is 2.20 bits per heavy atom. The van der Waals surface area contributed by atoms with Crippen molar-refractivity contribution in [1.29, 1.82) is 0 Å². The van der Waals surface area contributed by atoms with Gasteiger partial charge < -0.3 is 15.4 Å². The van der Waals surface area contributed by atoms with E-state index in [9.17, 15) is 4.79 Å². The van der Waals surface area contributed by atoms with E-state index in [4.69, 9.17) is 4.74 Å². The number of likely N-dealkylation sites (N-methyl/N-ethyl adjacent to an activating group) is 1. The molecule has 7 heteroatoms. The van der Waals surface area contributed by atoms with Crippen LogP contribution in [0.1, 0.15) is 20.3 Å². The molecule has 2 fully saturated rings. The second-order valence-electron chi connectivity index (χ2n) is 5.34. The zero-order valence-electron chi connectivity index (χ0n) is 12.3. The first-order chi connectivity index (χ1) is 8.70. The summed E-state index contributed by atoms with van der Waals surface area (Å²) in [6, 6.07) is 0.291. The van der Waals surface area contributed by atoms with Crippen molar-refractivity contribution < 1.29 is 9.53 Å². The lowest BCUT2D eigenvalue weighted by Gasteiger charge is -2.34. The fourth-order valence-corrected chi connectivity index (χ4v) is 2.65. The van der Waals surface area contributed by atoms with Crippen LogP contribution < -0.4 is 10.6 Å². The number of nitrogens with one attached hydrogen (secondary N) is 2. The standard InChI is InChI=1S/C13H25N3O2.2ClH/c1-3-16-6-7-18-12(9-16)13(17)15-11-4-5-14-8-10(11)2;;/h10-12,14H,3-9H2,1-2H3,(H,15,17);2*1H. The van der Waals surface area contributed by atoms with Crippen LogP contribution in [0.15, 0.2) is 0 Å². The van der Waals surface area contributed by atoms with Crippen LogP contribution in [0.3, 0.4) is 0 Å². The first kappa shape index (κ1) is 19.9. The molecule has 20 heavy (non-hydrogen) atoms. The quantitative estimate of drug-likeness (QED) is 0.799. The Morgan fingerprint density at radius 3 is 2.85 bits per heavy atom. The van der Waals surface area contributed by atoms with Gasteiger partial charge in [0, 0.05) is 19.1 Å². The van der Waals surface area contributed by atoms with Crippen molar-refractivity contribution in [1.82, 2.24) is 15.5 Å². The average molecular weight is 328 g/mol. The molecule has 0 aromatic rings. The summed E-state index contributed by atoms with van der Waals surface area (Å²) in [7, 11) is 0. The molecule has 2 aliphatic rings. The van der Waals surface area contributed by atoms with Crippen molar-refractivity contribution in [3.8, 4) is 0 Å². The van der Waals surface area contributed by atoms with E-state index < -0.39 is 0 Å². The maximum atomic E-state index is 12.2. The number of hydrogen-bond acceptors (Lipinski definition) is 4. The molecule has 0 aromatic carbocycles. The molecule has 3 atom stereocenters. The second-order valence-corrected chi connectivity index (χ2v) is 5.34. The number of rotatable bonds is 3. The number of nitrogens with zero attached hydrogens (tertiary/aromatic N) is 1. The van der Waals surface area contributed by atoms with Crippen LogP contribution in [0, 0.1) is 5.92 Å². The Bertz CT molecular complexity index is 295. The number of carbonyl (C=O) groups is 1. The Morgan fingerprint density at radius 1 is 1.45 bits per heavy atom. The average Bonchev–Trinajstić information content (AvgIpc) is 2.41. The molecule has 0 radical (unpaired) electrons. The van der Waals surface area contributed by atoms with E-state index in [1.165, 1.54) is 0 Å². The highest BCUT2D eigenvalue weighted by Gasteiger charge is 2.29. The van der Waals surface area contributed by atoms with Crippen LogP contribution in [-0.4, -0.2) is 62.3 Å². The molecule has 0 spiro atoms. The van der Waals surface area contributed by atoms with Crippen LogP contribution in [0.25, 0.3) is 0 Å². The summed E-state index contributed by atoms with van der Waals surface area (Å²) >= 11 is 0. The van der Waals surface area contributed by atoms with Crippen LogP contribution >= 0.6 is 24.8 Å². The van der Waals surface area contributed by atoms with Gasteiger partial charge >= 0.3 is 0 Å². The summed E-state index contributed by atoms with van der Waals surface area (Å²) in [5.41, 5.74) is 0. The lowest BCUT2D eigenvalue weighted by atomic mass is 9.95. The molecule has 0 bridgehead atoms. The number of ether oxygens (including phenoxy) is 1. The first-order valence-electron chi connectivity index (χ1n) is 7.05. The van der Waals surface area contributed by atoms with Gasteiger partial charge in [0.25, 0.3) is 5.91 Å². The summed E-state index contributed by atoms with van der Waals surface area (Å²) in [6.07, 6.45) is 0.720. The lowest BCUT2D eigenvalue weighted by molar-refractivity contribution is -0.139. The van der Waals surface area contributed by atoms with E-state index in [-0.39, 0.29) is 36.8 Å². The van der Waals surface area contributed by atoms with Gasteiger partial charge in [-0.05, 0) is 32.0 Å². The highest BCUT2D eigenvalue weighted by atomic mass is 35.5. The smallest absolute Gasteiger partial charge is 0.250 e. The molecule has 2 N–H and O–H groups in total. The fraction of sp³-hybridized carbons (Fsp3) is 0.923. The van der Waals surface area contributed by atoms with E-state index in [2.05, 4.69) is 29.4 Å². The number of amides is 1. The molecule has 2 heterocycles. The third-order valence-electron chi connectivity index (χ3n) is 4.00. The van der Waals surface area contributed by atoms with Crippen molar-refractivity contribution in [2.75, 3.05) is 39.3 Å². The Labute approximate surface area is 134 Å². The van der Waals surface area contributed by atoms with Crippen LogP contribution in [0.4, 0.5) is 0 Å². The minimum absolute atomic E-state index is 0. The van der Waals surface area contributed by atoms with Crippen LogP contribution in [0.2, 0.25) is 0 Å². The first-order valence-corrected chi connectivity index (χ1v) is 7.05. The molecule has 0 aromatic heterocycles. The number of halogens is 2. The predicted molar refractivity (Wildman–Crippen MR) is 84.9 cm³/mol. The summed E-state index contributed by atoms with van der Waals surface area (Å²) in [5, 5.41) is 6.50. The van der Waals surface area contributed by atoms with E-state index in [1.807, 2.05) is 0 Å². The highest BCUT2D eigenvalue weighted by molar-refractivity contribution is 5.85. The minimum atomic E-state index is -0.291. The van der Waals surface area contributed by atoms with Crippen LogP contribution in [0.5, 0.6) is 0 Å². The van der Waals surface area contributed by atoms with Gasteiger partial charge in [0.2, 0.25) is 0 Å². The largest absolute Gasteiger partial charge is 0.366 e. The topological polar surface area (TPSA) is 53.6 Å². The third-order valence-corrected chi connectivity index (χ3v) is 4.00. The summed E-state index contributed by atoms with van der Waals surface area (Å²) < 4.78 is 5.58. The number of morpholine rings is 1. The zero-order chi connectivity index (χ0) is 13.0. The molecule has 0 saturated carbocycles. The van der Waals surface area contributed by atoms with Gasteiger partial charge in [-0.15, -0.1) is 24.8 Å². The normalized spacial score (nSPS) is 30.8. The number of piperidine rings is 1. The molecule has 1 amide bonds. The van der Waals surface area contributed by atoms with Crippen molar-refractivity contribution in [3.63, 3.8) is 0 Å². The Balaban J connectivity index is 0.00000180. The van der Waals surface area contributed by atoms with E-state index >= 15 is 0 Å². The molecular weight excluding hydrogens is 301 g/mol. The molecule has 0 aliphatic carbocycles. The molecule has 2 saturated heterocycles. The Hall–Kier alpha value is -0.0700. The van der Waals surface area contributed by atoms with Gasteiger partial charge in [-0.1, -0.05) is 13.8 Å². The third kappa shape index (κ3) is 5.37. The van der Waals surface area contributed by atoms with Gasteiger partial charge in [0.05, 0.1) is 6.61 Å². The SMILES string of the molecule is CCN1CCOC(C(=O)NC2CCNCC2C)C1.Cl.Cl. The van der Waals surface area contributed by atoms with Gasteiger partial charge in [-0.2, -0.15) is 0 Å². The molecule has 3 unspecified atom stereocenters. The molecule has 120 valence electrons. The maximum absolute atomic E-state index is 12.2. The zero-order valence-corrected chi connectivity index (χ0v) is 13.9. The predicted octanol–water partition coefficient (Wildman–Crippen LogP) is 0.665. The molecule has 2 rings (SSSR count). The van der Waals surface area contributed by atoms with Crippen molar-refractivity contribution in [2.45, 2.75) is 32.4 Å². The number of carbonyl (C=O) groups excluding carboxylic acids is 1. The minimum Gasteiger partial charge on any atom is -0.366 e. The van der Waals surface area contributed by atoms with Crippen LogP contribution in [-0.2, 0) is 9.53 Å². The summed E-state index contributed by atoms with van der Waals surface area (Å²) in [5.74, 6) is 0.556. The highest BCUT2D eigenvalue weighted by Crippen LogP contribution is 2.12. The lowest BCUT2D eigenvalue weighted by Crippen LogP contribution is -2.55. The molecule has 5 nitrogen and oxygen atoms in total. The van der Waals surface area contributed by atoms with Gasteiger partial charge in [0.1, 0.15) is 6.10 Å². The maximum Gasteiger partial charge on any atom is 0.250 e. The van der Waals surface area contributed by atoms with Gasteiger partial charge in [0.15, 0.2) is 0 Å². The van der Waals surface area contributed by atoms with Crippen molar-refractivity contribution in [2.24, 2.45) is 5.92 Å². The van der Waals surface area contributed by atoms with Crippen molar-refractivity contribution >= 4 is 30.7 Å². The molecular formula is C13H27Cl2N3O2. The van der Waals surface area contributed by atoms with Gasteiger partial charge in [-0.25, -0.2) is 0 Å². The monoisotopic (exact) mass is 327 g/mol. The van der Waals surface area contributed by atoms with Crippen molar-refractivity contribution in [3.05, 3.63) is 0 Å². The van der Waals surface area contributed by atoms with E-state index in [0.717, 1.165) is 39.1 Å². The van der Waals surface area contributed by atoms with E-state index in [1.54, 1.807) is 0 Å². The number of hydrogen-bond donors (Lipinski definition) is 2.